The number of benzene rings is 2. The molecule has 3 aliphatic heterocycles. The topological polar surface area (TPSA) is 17.4 Å². The number of fused-ring (bicyclic) bond motifs is 3. The van der Waals surface area contributed by atoms with Crippen LogP contribution in [0, 0.1) is 12.8 Å². The van der Waals surface area contributed by atoms with Gasteiger partial charge < -0.3 is 14.2 Å². The van der Waals surface area contributed by atoms with Crippen LogP contribution in [0.2, 0.25) is 0 Å². The smallest absolute Gasteiger partial charge is 0.120 e. The molecule has 0 aliphatic carbocycles. The molecule has 0 amide bonds. The second kappa shape index (κ2) is 6.49. The summed E-state index contributed by atoms with van der Waals surface area (Å²) in [7, 11) is 2.17. The Kier molecular flexibility index (Phi) is 3.96. The lowest BCUT2D eigenvalue weighted by molar-refractivity contribution is 0.252. The third-order valence-electron chi connectivity index (χ3n) is 6.29. The minimum atomic E-state index is 0.604. The van der Waals surface area contributed by atoms with Crippen LogP contribution in [0.1, 0.15) is 29.7 Å². The standard InChI is InChI=1S/C24H26N2O/c1-17-24(22-15-26-12-10-19(22)11-13-26)21-14-20(8-9-23(21)25(17)2)27-16-18-6-4-3-5-7-18/h3-9,14-15,19H,10-13,16H2,1-2H3. The van der Waals surface area contributed by atoms with Gasteiger partial charge in [0.2, 0.25) is 0 Å². The molecule has 3 heteroatoms. The Morgan fingerprint density at radius 2 is 1.81 bits per heavy atom. The molecule has 0 N–H and O–H groups in total. The minimum Gasteiger partial charge on any atom is -0.489 e. The van der Waals surface area contributed by atoms with Gasteiger partial charge in [0.25, 0.3) is 0 Å². The molecular weight excluding hydrogens is 332 g/mol. The summed E-state index contributed by atoms with van der Waals surface area (Å²) in [5.74, 6) is 1.65. The van der Waals surface area contributed by atoms with Crippen molar-refractivity contribution in [2.45, 2.75) is 26.4 Å². The van der Waals surface area contributed by atoms with Gasteiger partial charge in [-0.1, -0.05) is 30.3 Å². The van der Waals surface area contributed by atoms with E-state index in [0.717, 1.165) is 5.75 Å². The number of piperidine rings is 1. The average molecular weight is 358 g/mol. The molecule has 2 aromatic carbocycles. The lowest BCUT2D eigenvalue weighted by Gasteiger charge is -2.39. The number of aromatic nitrogens is 1. The predicted molar refractivity (Wildman–Crippen MR) is 111 cm³/mol. The number of hydrogen-bond donors (Lipinski definition) is 0. The van der Waals surface area contributed by atoms with Gasteiger partial charge in [0, 0.05) is 48.5 Å². The molecule has 0 radical (unpaired) electrons. The van der Waals surface area contributed by atoms with Gasteiger partial charge in [0.15, 0.2) is 0 Å². The highest BCUT2D eigenvalue weighted by Crippen LogP contribution is 2.42. The zero-order valence-corrected chi connectivity index (χ0v) is 16.1. The molecule has 1 fully saturated rings. The highest BCUT2D eigenvalue weighted by molar-refractivity contribution is 5.96. The summed E-state index contributed by atoms with van der Waals surface area (Å²) in [5.41, 5.74) is 6.78. The van der Waals surface area contributed by atoms with Crippen LogP contribution in [-0.2, 0) is 13.7 Å². The molecule has 138 valence electrons. The van der Waals surface area contributed by atoms with Crippen LogP contribution >= 0.6 is 0 Å². The maximum Gasteiger partial charge on any atom is 0.120 e. The summed E-state index contributed by atoms with van der Waals surface area (Å²) in [6.07, 6.45) is 4.98. The van der Waals surface area contributed by atoms with Gasteiger partial charge in [-0.25, -0.2) is 0 Å². The van der Waals surface area contributed by atoms with Crippen LogP contribution in [0.5, 0.6) is 5.75 Å². The van der Waals surface area contributed by atoms with Crippen LogP contribution in [-0.4, -0.2) is 22.6 Å². The zero-order valence-electron chi connectivity index (χ0n) is 16.1. The van der Waals surface area contributed by atoms with Crippen molar-refractivity contribution in [1.29, 1.82) is 0 Å². The maximum atomic E-state index is 6.11. The molecule has 0 unspecified atom stereocenters. The van der Waals surface area contributed by atoms with Crippen molar-refractivity contribution in [3.05, 3.63) is 71.6 Å². The van der Waals surface area contributed by atoms with E-state index < -0.39 is 0 Å². The quantitative estimate of drug-likeness (QED) is 0.643. The Balaban J connectivity index is 1.54. The van der Waals surface area contributed by atoms with Gasteiger partial charge in [-0.05, 0) is 55.0 Å². The van der Waals surface area contributed by atoms with E-state index in [2.05, 4.69) is 72.1 Å². The Bertz CT molecular complexity index is 1010. The highest BCUT2D eigenvalue weighted by Gasteiger charge is 2.30. The number of rotatable bonds is 4. The van der Waals surface area contributed by atoms with Crippen molar-refractivity contribution in [2.24, 2.45) is 13.0 Å². The number of aryl methyl sites for hydroxylation is 1. The summed E-state index contributed by atoms with van der Waals surface area (Å²) < 4.78 is 8.44. The fraction of sp³-hybridized carbons (Fsp3) is 0.333. The van der Waals surface area contributed by atoms with E-state index in [1.807, 2.05) is 6.07 Å². The molecule has 1 aromatic heterocycles. The molecule has 2 bridgehead atoms. The largest absolute Gasteiger partial charge is 0.489 e. The average Bonchev–Trinajstić information content (AvgIpc) is 2.98. The molecule has 3 aliphatic rings. The van der Waals surface area contributed by atoms with Gasteiger partial charge in [-0.15, -0.1) is 0 Å². The summed E-state index contributed by atoms with van der Waals surface area (Å²) in [6.45, 7) is 5.28. The summed E-state index contributed by atoms with van der Waals surface area (Å²) in [5, 5.41) is 1.32. The molecule has 27 heavy (non-hydrogen) atoms. The van der Waals surface area contributed by atoms with Crippen LogP contribution in [0.4, 0.5) is 0 Å². The Labute approximate surface area is 160 Å². The van der Waals surface area contributed by atoms with Crippen molar-refractivity contribution in [3.8, 4) is 5.75 Å². The van der Waals surface area contributed by atoms with E-state index in [4.69, 9.17) is 4.74 Å². The van der Waals surface area contributed by atoms with Gasteiger partial charge >= 0.3 is 0 Å². The van der Waals surface area contributed by atoms with E-state index in [1.165, 1.54) is 59.2 Å². The van der Waals surface area contributed by atoms with Gasteiger partial charge in [-0.3, -0.25) is 0 Å². The predicted octanol–water partition coefficient (Wildman–Crippen LogP) is 5.13. The number of hydrogen-bond acceptors (Lipinski definition) is 2. The summed E-state index contributed by atoms with van der Waals surface area (Å²) in [4.78, 5) is 2.49. The monoisotopic (exact) mass is 358 g/mol. The fourth-order valence-corrected chi connectivity index (χ4v) is 4.66. The molecule has 3 nitrogen and oxygen atoms in total. The first-order chi connectivity index (χ1) is 13.2. The first-order valence-electron chi connectivity index (χ1n) is 9.92. The molecule has 4 heterocycles. The van der Waals surface area contributed by atoms with E-state index in [-0.39, 0.29) is 0 Å². The molecule has 6 rings (SSSR count). The van der Waals surface area contributed by atoms with E-state index >= 15 is 0 Å². The molecule has 1 saturated heterocycles. The van der Waals surface area contributed by atoms with Gasteiger partial charge in [-0.2, -0.15) is 0 Å². The zero-order chi connectivity index (χ0) is 18.4. The highest BCUT2D eigenvalue weighted by atomic mass is 16.5. The number of allylic oxidation sites excluding steroid dienone is 1. The third kappa shape index (κ3) is 2.82. The summed E-state index contributed by atoms with van der Waals surface area (Å²) in [6, 6.07) is 16.9. The van der Waals surface area contributed by atoms with Gasteiger partial charge in [0.05, 0.1) is 0 Å². The van der Waals surface area contributed by atoms with Crippen molar-refractivity contribution in [1.82, 2.24) is 9.47 Å². The third-order valence-corrected chi connectivity index (χ3v) is 6.29. The first kappa shape index (κ1) is 16.5. The van der Waals surface area contributed by atoms with E-state index in [0.29, 0.717) is 12.5 Å². The number of ether oxygens (including phenoxy) is 1. The minimum absolute atomic E-state index is 0.604. The lowest BCUT2D eigenvalue weighted by Crippen LogP contribution is -2.35. The molecule has 0 saturated carbocycles. The molecule has 3 aromatic rings. The van der Waals surface area contributed by atoms with Crippen molar-refractivity contribution < 1.29 is 4.74 Å². The second-order valence-electron chi connectivity index (χ2n) is 7.87. The molecular formula is C24H26N2O. The molecule has 0 atom stereocenters. The van der Waals surface area contributed by atoms with E-state index in [9.17, 15) is 0 Å². The maximum absolute atomic E-state index is 6.11. The molecule has 0 spiro atoms. The van der Waals surface area contributed by atoms with Gasteiger partial charge in [0.1, 0.15) is 12.4 Å². The Morgan fingerprint density at radius 1 is 1.04 bits per heavy atom. The first-order valence-corrected chi connectivity index (χ1v) is 9.92. The lowest BCUT2D eigenvalue weighted by atomic mass is 9.81. The van der Waals surface area contributed by atoms with Crippen LogP contribution in [0.3, 0.4) is 0 Å². The van der Waals surface area contributed by atoms with Crippen molar-refractivity contribution in [2.75, 3.05) is 13.1 Å². The normalized spacial score (nSPS) is 16.8. The van der Waals surface area contributed by atoms with Crippen molar-refractivity contribution >= 4 is 16.5 Å². The SMILES string of the molecule is Cc1c(C2=CN3CCC2CC3)c2cc(OCc3ccccc3)ccc2n1C. The van der Waals surface area contributed by atoms with Crippen LogP contribution < -0.4 is 4.74 Å². The second-order valence-corrected chi connectivity index (χ2v) is 7.87. The Morgan fingerprint density at radius 3 is 2.52 bits per heavy atom. The van der Waals surface area contributed by atoms with Crippen molar-refractivity contribution in [3.63, 3.8) is 0 Å². The Hall–Kier alpha value is -2.68. The van der Waals surface area contributed by atoms with Crippen LogP contribution in [0.15, 0.2) is 54.7 Å². The fourth-order valence-electron chi connectivity index (χ4n) is 4.66. The van der Waals surface area contributed by atoms with E-state index in [1.54, 1.807) is 0 Å². The number of nitrogens with zero attached hydrogens (tertiary/aromatic N) is 2. The summed E-state index contributed by atoms with van der Waals surface area (Å²) >= 11 is 0. The van der Waals surface area contributed by atoms with Crippen LogP contribution in [0.25, 0.3) is 16.5 Å².